The lowest BCUT2D eigenvalue weighted by atomic mass is 9.85. The van der Waals surface area contributed by atoms with Gasteiger partial charge in [0.05, 0.1) is 16.3 Å². The minimum Gasteiger partial charge on any atom is -0.384 e. The van der Waals surface area contributed by atoms with Crippen LogP contribution in [0.25, 0.3) is 11.3 Å². The van der Waals surface area contributed by atoms with Gasteiger partial charge in [-0.1, -0.05) is 17.7 Å². The molecule has 0 aromatic carbocycles. The first kappa shape index (κ1) is 17.1. The highest BCUT2D eigenvalue weighted by atomic mass is 35.5. The molecule has 1 saturated heterocycles. The molecule has 128 valence electrons. The smallest absolute Gasteiger partial charge is 0.213 e. The molecule has 24 heavy (non-hydrogen) atoms. The van der Waals surface area contributed by atoms with Crippen LogP contribution < -0.4 is 5.73 Å². The summed E-state index contributed by atoms with van der Waals surface area (Å²) in [5.41, 5.74) is 7.45. The molecule has 2 N–H and O–H groups in total. The lowest BCUT2D eigenvalue weighted by Crippen LogP contribution is -2.40. The van der Waals surface area contributed by atoms with E-state index in [0.29, 0.717) is 41.7 Å². The molecule has 0 aliphatic carbocycles. The number of hydrogen-bond acceptors (Lipinski definition) is 5. The number of nitrogens with two attached hydrogens (primary N) is 1. The highest BCUT2D eigenvalue weighted by Gasteiger charge is 2.33. The van der Waals surface area contributed by atoms with E-state index in [1.807, 2.05) is 6.07 Å². The molecule has 0 atom stereocenters. The van der Waals surface area contributed by atoms with E-state index in [1.165, 1.54) is 12.3 Å². The average Bonchev–Trinajstić information content (AvgIpc) is 2.59. The Bertz CT molecular complexity index is 736. The molecule has 0 saturated carbocycles. The van der Waals surface area contributed by atoms with Crippen LogP contribution >= 0.6 is 11.6 Å². The molecule has 0 unspecified atom stereocenters. The van der Waals surface area contributed by atoms with Crippen molar-refractivity contribution in [2.75, 3.05) is 26.1 Å². The van der Waals surface area contributed by atoms with Crippen molar-refractivity contribution >= 4 is 17.4 Å². The summed E-state index contributed by atoms with van der Waals surface area (Å²) in [5, 5.41) is 0.328. The van der Waals surface area contributed by atoms with E-state index in [0.717, 1.165) is 18.4 Å². The Balaban J connectivity index is 2.04. The van der Waals surface area contributed by atoms with Crippen LogP contribution in [0.1, 0.15) is 18.4 Å². The number of anilines is 1. The van der Waals surface area contributed by atoms with Crippen molar-refractivity contribution in [2.24, 2.45) is 0 Å². The number of aromatic nitrogens is 2. The molecule has 3 rings (SSSR count). The van der Waals surface area contributed by atoms with Crippen LogP contribution in [0, 0.1) is 5.95 Å². The van der Waals surface area contributed by atoms with Crippen molar-refractivity contribution in [3.63, 3.8) is 0 Å². The Labute approximate surface area is 145 Å². The van der Waals surface area contributed by atoms with Gasteiger partial charge in [-0.05, 0) is 11.6 Å². The number of pyridine rings is 2. The van der Waals surface area contributed by atoms with E-state index < -0.39 is 5.95 Å². The molecule has 3 heterocycles. The third kappa shape index (κ3) is 3.50. The zero-order valence-corrected chi connectivity index (χ0v) is 14.1. The van der Waals surface area contributed by atoms with E-state index >= 15 is 0 Å². The van der Waals surface area contributed by atoms with Crippen molar-refractivity contribution in [2.45, 2.75) is 24.9 Å². The first-order valence-electron chi connectivity index (χ1n) is 7.73. The third-order valence-electron chi connectivity index (χ3n) is 4.43. The van der Waals surface area contributed by atoms with Crippen LogP contribution in [0.5, 0.6) is 0 Å². The van der Waals surface area contributed by atoms with Gasteiger partial charge in [-0.2, -0.15) is 4.39 Å². The summed E-state index contributed by atoms with van der Waals surface area (Å²) in [4.78, 5) is 7.95. The maximum absolute atomic E-state index is 13.6. The zero-order chi connectivity index (χ0) is 17.2. The third-order valence-corrected chi connectivity index (χ3v) is 4.73. The first-order chi connectivity index (χ1) is 11.5. The molecule has 1 aliphatic rings. The summed E-state index contributed by atoms with van der Waals surface area (Å²) < 4.78 is 24.8. The standard InChI is InChI=1S/C17H19ClFN3O2/c1-23-17(4-6-24-7-5-17)9-11-2-3-15(20)22-16(11)12-8-14(19)21-10-13(12)18/h2-3,8,10H,4-7,9H2,1H3,(H2,20,22). The maximum atomic E-state index is 13.6. The van der Waals surface area contributed by atoms with Crippen LogP contribution in [0.4, 0.5) is 10.2 Å². The molecule has 1 aliphatic heterocycles. The molecular formula is C17H19ClFN3O2. The lowest BCUT2D eigenvalue weighted by Gasteiger charge is -2.36. The summed E-state index contributed by atoms with van der Waals surface area (Å²) in [6.07, 6.45) is 3.47. The molecule has 0 amide bonds. The lowest BCUT2D eigenvalue weighted by molar-refractivity contribution is -0.0888. The fraction of sp³-hybridized carbons (Fsp3) is 0.412. The molecule has 0 bridgehead atoms. The number of methoxy groups -OCH3 is 1. The Morgan fingerprint density at radius 1 is 1.38 bits per heavy atom. The quantitative estimate of drug-likeness (QED) is 0.856. The Morgan fingerprint density at radius 3 is 2.83 bits per heavy atom. The number of nitrogen functional groups attached to an aromatic ring is 1. The van der Waals surface area contributed by atoms with Crippen LogP contribution in [0.15, 0.2) is 24.4 Å². The van der Waals surface area contributed by atoms with Gasteiger partial charge in [-0.15, -0.1) is 0 Å². The van der Waals surface area contributed by atoms with Gasteiger partial charge in [0.2, 0.25) is 5.95 Å². The molecule has 5 nitrogen and oxygen atoms in total. The predicted molar refractivity (Wildman–Crippen MR) is 90.3 cm³/mol. The van der Waals surface area contributed by atoms with Crippen molar-refractivity contribution in [1.29, 1.82) is 0 Å². The number of rotatable bonds is 4. The number of hydrogen-bond donors (Lipinski definition) is 1. The van der Waals surface area contributed by atoms with Gasteiger partial charge in [0.15, 0.2) is 0 Å². The van der Waals surface area contributed by atoms with E-state index in [9.17, 15) is 4.39 Å². The molecule has 0 spiro atoms. The normalized spacial score (nSPS) is 17.0. The van der Waals surface area contributed by atoms with Gasteiger partial charge >= 0.3 is 0 Å². The SMILES string of the molecule is COC1(Cc2ccc(N)nc2-c2cc(F)ncc2Cl)CCOCC1. The molecule has 2 aromatic rings. The van der Waals surface area contributed by atoms with E-state index in [1.54, 1.807) is 13.2 Å². The molecular weight excluding hydrogens is 333 g/mol. The second-order valence-corrected chi connectivity index (χ2v) is 6.31. The van der Waals surface area contributed by atoms with Crippen LogP contribution in [-0.4, -0.2) is 35.9 Å². The van der Waals surface area contributed by atoms with E-state index in [-0.39, 0.29) is 5.60 Å². The highest BCUT2D eigenvalue weighted by Crippen LogP contribution is 2.35. The summed E-state index contributed by atoms with van der Waals surface area (Å²) in [5.74, 6) is -0.266. The van der Waals surface area contributed by atoms with Gasteiger partial charge in [0.1, 0.15) is 5.82 Å². The minimum absolute atomic E-state index is 0.328. The predicted octanol–water partition coefficient (Wildman–Crippen LogP) is 3.26. The van der Waals surface area contributed by atoms with Crippen molar-refractivity contribution in [3.8, 4) is 11.3 Å². The fourth-order valence-electron chi connectivity index (χ4n) is 3.02. The Kier molecular flexibility index (Phi) is 4.99. The van der Waals surface area contributed by atoms with E-state index in [4.69, 9.17) is 26.8 Å². The minimum atomic E-state index is -0.614. The topological polar surface area (TPSA) is 70.3 Å². The van der Waals surface area contributed by atoms with Gasteiger partial charge in [-0.3, -0.25) is 0 Å². The maximum Gasteiger partial charge on any atom is 0.213 e. The van der Waals surface area contributed by atoms with Crippen LogP contribution in [0.3, 0.4) is 0 Å². The van der Waals surface area contributed by atoms with Gasteiger partial charge in [-0.25, -0.2) is 9.97 Å². The summed E-state index contributed by atoms with van der Waals surface area (Å²) in [6.45, 7) is 1.30. The number of ether oxygens (including phenoxy) is 2. The van der Waals surface area contributed by atoms with Gasteiger partial charge < -0.3 is 15.2 Å². The van der Waals surface area contributed by atoms with E-state index in [2.05, 4.69) is 9.97 Å². The van der Waals surface area contributed by atoms with Gasteiger partial charge in [0, 0.05) is 57.4 Å². The molecule has 1 fully saturated rings. The number of nitrogens with zero attached hydrogens (tertiary/aromatic N) is 2. The largest absolute Gasteiger partial charge is 0.384 e. The molecule has 2 aromatic heterocycles. The number of halogens is 2. The zero-order valence-electron chi connectivity index (χ0n) is 13.4. The van der Waals surface area contributed by atoms with Crippen LogP contribution in [-0.2, 0) is 15.9 Å². The summed E-state index contributed by atoms with van der Waals surface area (Å²) in [7, 11) is 1.70. The summed E-state index contributed by atoms with van der Waals surface area (Å²) >= 11 is 6.21. The van der Waals surface area contributed by atoms with Gasteiger partial charge in [0.25, 0.3) is 0 Å². The van der Waals surface area contributed by atoms with Crippen molar-refractivity contribution in [3.05, 3.63) is 40.9 Å². The second kappa shape index (κ2) is 7.01. The highest BCUT2D eigenvalue weighted by molar-refractivity contribution is 6.33. The Hall–Kier alpha value is -1.76. The Morgan fingerprint density at radius 2 is 2.12 bits per heavy atom. The van der Waals surface area contributed by atoms with Crippen LogP contribution in [0.2, 0.25) is 5.02 Å². The van der Waals surface area contributed by atoms with Crippen molar-refractivity contribution in [1.82, 2.24) is 9.97 Å². The first-order valence-corrected chi connectivity index (χ1v) is 8.10. The summed E-state index contributed by atoms with van der Waals surface area (Å²) in [6, 6.07) is 4.90. The fourth-order valence-corrected chi connectivity index (χ4v) is 3.21. The average molecular weight is 352 g/mol. The second-order valence-electron chi connectivity index (χ2n) is 5.91. The molecule has 7 heteroatoms. The monoisotopic (exact) mass is 351 g/mol. The van der Waals surface area contributed by atoms with Crippen molar-refractivity contribution < 1.29 is 13.9 Å². The molecule has 0 radical (unpaired) electrons.